The van der Waals surface area contributed by atoms with Crippen molar-refractivity contribution in [2.75, 3.05) is 24.2 Å². The molecule has 1 aromatic rings. The van der Waals surface area contributed by atoms with Crippen molar-refractivity contribution in [3.63, 3.8) is 0 Å². The van der Waals surface area contributed by atoms with Crippen LogP contribution in [0.3, 0.4) is 0 Å². The topological polar surface area (TPSA) is 84.5 Å². The van der Waals surface area contributed by atoms with Crippen LogP contribution in [0.2, 0.25) is 0 Å². The predicted molar refractivity (Wildman–Crippen MR) is 98.9 cm³/mol. The molecule has 0 bridgehead atoms. The number of carbonyl (C=O) groups is 3. The number of carbonyl (C=O) groups excluding carboxylic acids is 3. The number of amides is 2. The molecule has 1 aromatic carbocycles. The molecular formula is C18H24N2O4S. The number of hydrogen-bond donors (Lipinski definition) is 2. The number of anilines is 1. The standard InChI is InChI=1S/C18H24N2O4S/c1-13(21)25-12-18(23)19-9-4-2-3-5-17(22)20-15-7-6-14-8-10-24-16(14)11-15/h6-7,11H,2-5,8-10,12H2,1H3,(H,19,23)(H,20,22). The van der Waals surface area contributed by atoms with E-state index < -0.39 is 0 Å². The van der Waals surface area contributed by atoms with Gasteiger partial charge in [0.05, 0.1) is 12.4 Å². The molecule has 0 unspecified atom stereocenters. The average Bonchev–Trinajstić information content (AvgIpc) is 3.03. The Labute approximate surface area is 152 Å². The molecule has 0 aliphatic carbocycles. The van der Waals surface area contributed by atoms with Crippen molar-refractivity contribution >= 4 is 34.4 Å². The molecule has 0 atom stereocenters. The molecule has 2 amide bonds. The molecule has 25 heavy (non-hydrogen) atoms. The highest BCUT2D eigenvalue weighted by molar-refractivity contribution is 8.14. The van der Waals surface area contributed by atoms with Gasteiger partial charge in [-0.1, -0.05) is 24.2 Å². The number of thioether (sulfide) groups is 1. The van der Waals surface area contributed by atoms with Gasteiger partial charge in [0.2, 0.25) is 11.8 Å². The molecule has 2 rings (SSSR count). The normalized spacial score (nSPS) is 12.2. The second kappa shape index (κ2) is 10.1. The van der Waals surface area contributed by atoms with E-state index >= 15 is 0 Å². The van der Waals surface area contributed by atoms with Gasteiger partial charge in [-0.3, -0.25) is 14.4 Å². The van der Waals surface area contributed by atoms with Crippen molar-refractivity contribution in [2.24, 2.45) is 0 Å². The van der Waals surface area contributed by atoms with Crippen LogP contribution < -0.4 is 15.4 Å². The molecule has 0 spiro atoms. The van der Waals surface area contributed by atoms with E-state index in [4.69, 9.17) is 4.74 Å². The molecule has 1 aliphatic heterocycles. The van der Waals surface area contributed by atoms with Gasteiger partial charge < -0.3 is 15.4 Å². The molecule has 7 heteroatoms. The smallest absolute Gasteiger partial charge is 0.230 e. The molecular weight excluding hydrogens is 340 g/mol. The lowest BCUT2D eigenvalue weighted by Crippen LogP contribution is -2.26. The molecule has 1 aliphatic rings. The van der Waals surface area contributed by atoms with Crippen LogP contribution in [-0.2, 0) is 20.8 Å². The fourth-order valence-corrected chi connectivity index (χ4v) is 2.94. The molecule has 0 saturated carbocycles. The number of unbranched alkanes of at least 4 members (excludes halogenated alkanes) is 2. The monoisotopic (exact) mass is 364 g/mol. The number of ether oxygens (including phenoxy) is 1. The first-order valence-corrected chi connectivity index (χ1v) is 9.49. The second-order valence-corrected chi connectivity index (χ2v) is 7.06. The van der Waals surface area contributed by atoms with E-state index in [1.165, 1.54) is 12.5 Å². The van der Waals surface area contributed by atoms with Gasteiger partial charge in [-0.05, 0) is 24.5 Å². The number of fused-ring (bicyclic) bond motifs is 1. The van der Waals surface area contributed by atoms with Crippen molar-refractivity contribution in [3.05, 3.63) is 23.8 Å². The van der Waals surface area contributed by atoms with Crippen LogP contribution in [-0.4, -0.2) is 35.8 Å². The summed E-state index contributed by atoms with van der Waals surface area (Å²) in [5.41, 5.74) is 1.95. The fraction of sp³-hybridized carbons (Fsp3) is 0.500. The van der Waals surface area contributed by atoms with E-state index in [-0.39, 0.29) is 22.7 Å². The Morgan fingerprint density at radius 1 is 1.16 bits per heavy atom. The molecule has 2 N–H and O–H groups in total. The van der Waals surface area contributed by atoms with Crippen LogP contribution in [0.5, 0.6) is 5.75 Å². The fourth-order valence-electron chi connectivity index (χ4n) is 2.50. The maximum atomic E-state index is 11.9. The van der Waals surface area contributed by atoms with E-state index in [9.17, 15) is 14.4 Å². The second-order valence-electron chi connectivity index (χ2n) is 5.91. The maximum absolute atomic E-state index is 11.9. The van der Waals surface area contributed by atoms with Gasteiger partial charge in [0.25, 0.3) is 0 Å². The lowest BCUT2D eigenvalue weighted by Gasteiger charge is -2.07. The number of hydrogen-bond acceptors (Lipinski definition) is 5. The van der Waals surface area contributed by atoms with E-state index in [0.29, 0.717) is 19.6 Å². The lowest BCUT2D eigenvalue weighted by atomic mass is 10.1. The van der Waals surface area contributed by atoms with Gasteiger partial charge in [-0.15, -0.1) is 0 Å². The highest BCUT2D eigenvalue weighted by atomic mass is 32.2. The van der Waals surface area contributed by atoms with Crippen LogP contribution >= 0.6 is 11.8 Å². The summed E-state index contributed by atoms with van der Waals surface area (Å²) in [5.74, 6) is 0.885. The van der Waals surface area contributed by atoms with Crippen molar-refractivity contribution in [1.29, 1.82) is 0 Å². The lowest BCUT2D eigenvalue weighted by molar-refractivity contribution is -0.119. The Hall–Kier alpha value is -2.02. The molecule has 0 saturated heterocycles. The third-order valence-corrected chi connectivity index (χ3v) is 4.60. The maximum Gasteiger partial charge on any atom is 0.230 e. The Morgan fingerprint density at radius 2 is 2.00 bits per heavy atom. The van der Waals surface area contributed by atoms with Crippen LogP contribution in [0.1, 0.15) is 38.2 Å². The summed E-state index contributed by atoms with van der Waals surface area (Å²) in [6, 6.07) is 5.76. The molecule has 0 fully saturated rings. The molecule has 0 aromatic heterocycles. The largest absolute Gasteiger partial charge is 0.493 e. The van der Waals surface area contributed by atoms with Gasteiger partial charge in [-0.25, -0.2) is 0 Å². The highest BCUT2D eigenvalue weighted by Crippen LogP contribution is 2.28. The van der Waals surface area contributed by atoms with E-state index in [1.807, 2.05) is 18.2 Å². The summed E-state index contributed by atoms with van der Waals surface area (Å²) < 4.78 is 5.49. The van der Waals surface area contributed by atoms with Crippen molar-refractivity contribution in [1.82, 2.24) is 5.32 Å². The number of rotatable bonds is 9. The Bertz CT molecular complexity index is 634. The van der Waals surface area contributed by atoms with Crippen LogP contribution in [0.4, 0.5) is 5.69 Å². The van der Waals surface area contributed by atoms with Crippen molar-refractivity contribution < 1.29 is 19.1 Å². The molecule has 136 valence electrons. The van der Waals surface area contributed by atoms with Gasteiger partial charge in [-0.2, -0.15) is 0 Å². The van der Waals surface area contributed by atoms with Crippen LogP contribution in [0, 0.1) is 0 Å². The first-order chi connectivity index (χ1) is 12.0. The van der Waals surface area contributed by atoms with Crippen LogP contribution in [0.25, 0.3) is 0 Å². The Morgan fingerprint density at radius 3 is 2.80 bits per heavy atom. The van der Waals surface area contributed by atoms with E-state index in [1.54, 1.807) is 0 Å². The minimum Gasteiger partial charge on any atom is -0.493 e. The van der Waals surface area contributed by atoms with Gasteiger partial charge in [0.15, 0.2) is 5.12 Å². The zero-order valence-corrected chi connectivity index (χ0v) is 15.2. The first kappa shape index (κ1) is 19.3. The van der Waals surface area contributed by atoms with Gasteiger partial charge in [0.1, 0.15) is 5.75 Å². The molecule has 1 heterocycles. The summed E-state index contributed by atoms with van der Waals surface area (Å²) in [4.78, 5) is 34.1. The predicted octanol–water partition coefficient (Wildman–Crippen LogP) is 2.52. The number of benzene rings is 1. The minimum absolute atomic E-state index is 0.0140. The Balaban J connectivity index is 1.54. The van der Waals surface area contributed by atoms with Crippen molar-refractivity contribution in [3.8, 4) is 5.75 Å². The summed E-state index contributed by atoms with van der Waals surface area (Å²) in [5, 5.41) is 5.59. The third-order valence-electron chi connectivity index (χ3n) is 3.79. The summed E-state index contributed by atoms with van der Waals surface area (Å²) >= 11 is 1.01. The third kappa shape index (κ3) is 7.17. The van der Waals surface area contributed by atoms with E-state index in [0.717, 1.165) is 48.9 Å². The number of nitrogens with one attached hydrogen (secondary N) is 2. The SMILES string of the molecule is CC(=O)SCC(=O)NCCCCCC(=O)Nc1ccc2c(c1)OCC2. The highest BCUT2D eigenvalue weighted by Gasteiger charge is 2.12. The molecule has 0 radical (unpaired) electrons. The molecule has 6 nitrogen and oxygen atoms in total. The Kier molecular flexibility index (Phi) is 7.78. The van der Waals surface area contributed by atoms with Crippen molar-refractivity contribution in [2.45, 2.75) is 39.0 Å². The van der Waals surface area contributed by atoms with E-state index in [2.05, 4.69) is 10.6 Å². The van der Waals surface area contributed by atoms with Crippen LogP contribution in [0.15, 0.2) is 18.2 Å². The zero-order chi connectivity index (χ0) is 18.1. The summed E-state index contributed by atoms with van der Waals surface area (Å²) in [6.07, 6.45) is 3.82. The minimum atomic E-state index is -0.128. The van der Waals surface area contributed by atoms with Gasteiger partial charge in [0, 0.05) is 38.1 Å². The average molecular weight is 364 g/mol. The van der Waals surface area contributed by atoms with Gasteiger partial charge >= 0.3 is 0 Å². The summed E-state index contributed by atoms with van der Waals surface area (Å²) in [6.45, 7) is 2.72. The zero-order valence-electron chi connectivity index (χ0n) is 14.4. The quantitative estimate of drug-likeness (QED) is 0.658. The summed E-state index contributed by atoms with van der Waals surface area (Å²) in [7, 11) is 0. The first-order valence-electron chi connectivity index (χ1n) is 8.50.